The van der Waals surface area contributed by atoms with Crippen LogP contribution < -0.4 is 10.6 Å². The quantitative estimate of drug-likeness (QED) is 0.688. The fourth-order valence-electron chi connectivity index (χ4n) is 2.02. The van der Waals surface area contributed by atoms with E-state index in [4.69, 9.17) is 10.8 Å². The van der Waals surface area contributed by atoms with Crippen molar-refractivity contribution in [3.05, 3.63) is 23.8 Å². The van der Waals surface area contributed by atoms with Gasteiger partial charge >= 0.3 is 0 Å². The molecule has 1 aliphatic rings. The first-order valence-electron chi connectivity index (χ1n) is 5.05. The van der Waals surface area contributed by atoms with E-state index in [1.165, 1.54) is 11.3 Å². The second-order valence-corrected chi connectivity index (χ2v) is 3.70. The van der Waals surface area contributed by atoms with Gasteiger partial charge in [-0.05, 0) is 30.5 Å². The van der Waals surface area contributed by atoms with Crippen LogP contribution in [0.25, 0.3) is 0 Å². The summed E-state index contributed by atoms with van der Waals surface area (Å²) in [4.78, 5) is 2.20. The molecule has 0 unspecified atom stereocenters. The third-order valence-electron chi connectivity index (χ3n) is 2.69. The number of hydrogen-bond donors (Lipinski definition) is 2. The molecule has 3 nitrogen and oxygen atoms in total. The lowest BCUT2D eigenvalue weighted by molar-refractivity contribution is 0.301. The Bertz CT molecular complexity index is 325. The van der Waals surface area contributed by atoms with Gasteiger partial charge in [-0.1, -0.05) is 6.07 Å². The number of hydrogen-bond acceptors (Lipinski definition) is 3. The highest BCUT2D eigenvalue weighted by molar-refractivity contribution is 5.62. The van der Waals surface area contributed by atoms with Crippen molar-refractivity contribution in [1.82, 2.24) is 0 Å². The first-order valence-corrected chi connectivity index (χ1v) is 5.05. The normalized spacial score (nSPS) is 15.4. The maximum atomic E-state index is 8.94. The summed E-state index contributed by atoms with van der Waals surface area (Å²) in [5.74, 6) is 0. The van der Waals surface area contributed by atoms with Crippen LogP contribution in [0.15, 0.2) is 18.2 Å². The lowest BCUT2D eigenvalue weighted by Gasteiger charge is -2.30. The number of β-amino-alcohol motifs (C(OH)–C–C–N with tert-alkyl or cyclic N) is 1. The van der Waals surface area contributed by atoms with E-state index in [-0.39, 0.29) is 6.61 Å². The van der Waals surface area contributed by atoms with E-state index in [0.29, 0.717) is 6.54 Å². The van der Waals surface area contributed by atoms with Crippen molar-refractivity contribution in [2.45, 2.75) is 12.8 Å². The first kappa shape index (κ1) is 9.34. The predicted octanol–water partition coefficient (Wildman–Crippen LogP) is 1.01. The topological polar surface area (TPSA) is 49.5 Å². The minimum Gasteiger partial charge on any atom is -0.399 e. The summed E-state index contributed by atoms with van der Waals surface area (Å²) in [6.07, 6.45) is 2.29. The summed E-state index contributed by atoms with van der Waals surface area (Å²) >= 11 is 0. The van der Waals surface area contributed by atoms with E-state index in [9.17, 15) is 0 Å². The fourth-order valence-corrected chi connectivity index (χ4v) is 2.02. The van der Waals surface area contributed by atoms with E-state index >= 15 is 0 Å². The molecule has 3 heteroatoms. The highest BCUT2D eigenvalue weighted by Gasteiger charge is 2.15. The Morgan fingerprint density at radius 3 is 3.07 bits per heavy atom. The van der Waals surface area contributed by atoms with Crippen LogP contribution in [0.4, 0.5) is 11.4 Å². The lowest BCUT2D eigenvalue weighted by Crippen LogP contribution is -2.31. The summed E-state index contributed by atoms with van der Waals surface area (Å²) in [5, 5.41) is 8.94. The van der Waals surface area contributed by atoms with Gasteiger partial charge in [0.05, 0.1) is 6.61 Å². The van der Waals surface area contributed by atoms with Crippen molar-refractivity contribution in [2.75, 3.05) is 30.3 Å². The molecule has 3 N–H and O–H groups in total. The second kappa shape index (κ2) is 3.88. The molecule has 0 saturated carbocycles. The molecule has 0 saturated heterocycles. The summed E-state index contributed by atoms with van der Waals surface area (Å²) in [5.41, 5.74) is 9.10. The Labute approximate surface area is 84.1 Å². The first-order chi connectivity index (χ1) is 6.81. The van der Waals surface area contributed by atoms with E-state index < -0.39 is 0 Å². The number of rotatable bonds is 2. The zero-order valence-electron chi connectivity index (χ0n) is 8.24. The minimum absolute atomic E-state index is 0.203. The monoisotopic (exact) mass is 192 g/mol. The van der Waals surface area contributed by atoms with Crippen molar-refractivity contribution in [3.63, 3.8) is 0 Å². The molecule has 1 heterocycles. The molecule has 1 aromatic carbocycles. The van der Waals surface area contributed by atoms with Crippen molar-refractivity contribution >= 4 is 11.4 Å². The van der Waals surface area contributed by atoms with Crippen LogP contribution in [0.3, 0.4) is 0 Å². The SMILES string of the molecule is Nc1ccc2c(c1)N(CCO)CCC2. The molecule has 1 aliphatic heterocycles. The van der Waals surface area contributed by atoms with Crippen LogP contribution in [0.1, 0.15) is 12.0 Å². The van der Waals surface area contributed by atoms with Gasteiger partial charge in [0.15, 0.2) is 0 Å². The fraction of sp³-hybridized carbons (Fsp3) is 0.455. The van der Waals surface area contributed by atoms with Crippen molar-refractivity contribution in [1.29, 1.82) is 0 Å². The molecule has 0 amide bonds. The van der Waals surface area contributed by atoms with Crippen LogP contribution in [0.2, 0.25) is 0 Å². The third-order valence-corrected chi connectivity index (χ3v) is 2.69. The zero-order valence-corrected chi connectivity index (χ0v) is 8.24. The van der Waals surface area contributed by atoms with Crippen LogP contribution in [-0.4, -0.2) is 24.8 Å². The number of aliphatic hydroxyl groups is 1. The summed E-state index contributed by atoms with van der Waals surface area (Å²) in [6, 6.07) is 6.04. The van der Waals surface area contributed by atoms with Gasteiger partial charge in [0.25, 0.3) is 0 Å². The van der Waals surface area contributed by atoms with Crippen molar-refractivity contribution in [3.8, 4) is 0 Å². The molecule has 0 aliphatic carbocycles. The highest BCUT2D eigenvalue weighted by Crippen LogP contribution is 2.28. The van der Waals surface area contributed by atoms with Gasteiger partial charge in [0.1, 0.15) is 0 Å². The van der Waals surface area contributed by atoms with E-state index in [1.807, 2.05) is 12.1 Å². The van der Waals surface area contributed by atoms with Crippen LogP contribution in [0, 0.1) is 0 Å². The molecule has 0 aromatic heterocycles. The average molecular weight is 192 g/mol. The minimum atomic E-state index is 0.203. The van der Waals surface area contributed by atoms with Gasteiger partial charge in [-0.15, -0.1) is 0 Å². The van der Waals surface area contributed by atoms with Crippen molar-refractivity contribution < 1.29 is 5.11 Å². The molecular formula is C11H16N2O. The molecule has 0 bridgehead atoms. The lowest BCUT2D eigenvalue weighted by atomic mass is 10.0. The highest BCUT2D eigenvalue weighted by atomic mass is 16.3. The van der Waals surface area contributed by atoms with E-state index in [2.05, 4.69) is 11.0 Å². The number of aliphatic hydroxyl groups excluding tert-OH is 1. The maximum Gasteiger partial charge on any atom is 0.0606 e. The molecule has 1 aromatic rings. The largest absolute Gasteiger partial charge is 0.399 e. The molecular weight excluding hydrogens is 176 g/mol. The van der Waals surface area contributed by atoms with Gasteiger partial charge < -0.3 is 15.7 Å². The number of benzene rings is 1. The van der Waals surface area contributed by atoms with Gasteiger partial charge in [0, 0.05) is 24.5 Å². The summed E-state index contributed by atoms with van der Waals surface area (Å²) in [6.45, 7) is 1.93. The smallest absolute Gasteiger partial charge is 0.0606 e. The van der Waals surface area contributed by atoms with Gasteiger partial charge in [-0.25, -0.2) is 0 Å². The van der Waals surface area contributed by atoms with E-state index in [0.717, 1.165) is 25.1 Å². The molecule has 2 rings (SSSR count). The maximum absolute atomic E-state index is 8.94. The van der Waals surface area contributed by atoms with Crippen LogP contribution in [0.5, 0.6) is 0 Å². The van der Waals surface area contributed by atoms with Gasteiger partial charge in [-0.2, -0.15) is 0 Å². The predicted molar refractivity (Wildman–Crippen MR) is 58.5 cm³/mol. The summed E-state index contributed by atoms with van der Waals surface area (Å²) < 4.78 is 0. The Morgan fingerprint density at radius 1 is 1.43 bits per heavy atom. The van der Waals surface area contributed by atoms with Crippen LogP contribution in [-0.2, 0) is 6.42 Å². The Kier molecular flexibility index (Phi) is 2.59. The molecule has 0 radical (unpaired) electrons. The third kappa shape index (κ3) is 1.68. The Hall–Kier alpha value is -1.22. The van der Waals surface area contributed by atoms with Gasteiger partial charge in [-0.3, -0.25) is 0 Å². The molecule has 0 atom stereocenters. The average Bonchev–Trinajstić information content (AvgIpc) is 2.19. The standard InChI is InChI=1S/C11H16N2O/c12-10-4-3-9-2-1-5-13(6-7-14)11(9)8-10/h3-4,8,14H,1-2,5-7,12H2. The molecule has 14 heavy (non-hydrogen) atoms. The Morgan fingerprint density at radius 2 is 2.29 bits per heavy atom. The van der Waals surface area contributed by atoms with Crippen molar-refractivity contribution in [2.24, 2.45) is 0 Å². The number of nitrogen functional groups attached to an aromatic ring is 1. The summed E-state index contributed by atoms with van der Waals surface area (Å²) in [7, 11) is 0. The van der Waals surface area contributed by atoms with E-state index in [1.54, 1.807) is 0 Å². The molecule has 76 valence electrons. The Balaban J connectivity index is 2.32. The molecule has 0 spiro atoms. The van der Waals surface area contributed by atoms with Gasteiger partial charge in [0.2, 0.25) is 0 Å². The second-order valence-electron chi connectivity index (χ2n) is 3.70. The number of nitrogens with zero attached hydrogens (tertiary/aromatic N) is 1. The number of fused-ring (bicyclic) bond motifs is 1. The number of nitrogens with two attached hydrogens (primary N) is 1. The number of aryl methyl sites for hydroxylation is 1. The number of anilines is 2. The molecule has 0 fully saturated rings. The zero-order chi connectivity index (χ0) is 9.97. The van der Waals surface area contributed by atoms with Crippen LogP contribution >= 0.6 is 0 Å².